The van der Waals surface area contributed by atoms with Crippen molar-refractivity contribution in [2.24, 2.45) is 0 Å². The summed E-state index contributed by atoms with van der Waals surface area (Å²) < 4.78 is 23.5. The molecule has 0 radical (unpaired) electrons. The van der Waals surface area contributed by atoms with Crippen LogP contribution in [-0.4, -0.2) is 36.2 Å². The number of ether oxygens (including phenoxy) is 2. The van der Waals surface area contributed by atoms with Crippen LogP contribution in [0.5, 0.6) is 5.88 Å². The molecule has 110 valence electrons. The summed E-state index contributed by atoms with van der Waals surface area (Å²) in [6, 6.07) is 6.06. The lowest BCUT2D eigenvalue weighted by Gasteiger charge is -2.07. The molecule has 0 atom stereocenters. The van der Waals surface area contributed by atoms with Crippen molar-refractivity contribution < 1.29 is 18.7 Å². The normalized spacial score (nSPS) is 10.2. The van der Waals surface area contributed by atoms with Crippen LogP contribution < -0.4 is 10.1 Å². The first-order valence-corrected chi connectivity index (χ1v) is 6.20. The van der Waals surface area contributed by atoms with Crippen LogP contribution in [-0.2, 0) is 4.74 Å². The van der Waals surface area contributed by atoms with Gasteiger partial charge in [-0.25, -0.2) is 9.97 Å². The number of halogens is 1. The number of carbonyl (C=O) groups excluding carboxylic acids is 1. The second kappa shape index (κ2) is 7.30. The van der Waals surface area contributed by atoms with E-state index in [1.54, 1.807) is 19.2 Å². The molecule has 2 aromatic rings. The van der Waals surface area contributed by atoms with E-state index in [1.165, 1.54) is 24.5 Å². The monoisotopic (exact) mass is 291 g/mol. The number of aromatic nitrogens is 2. The fourth-order valence-corrected chi connectivity index (χ4v) is 1.52. The summed E-state index contributed by atoms with van der Waals surface area (Å²) >= 11 is 0. The molecule has 21 heavy (non-hydrogen) atoms. The molecular weight excluding hydrogens is 277 g/mol. The first-order valence-electron chi connectivity index (χ1n) is 6.20. The van der Waals surface area contributed by atoms with Crippen LogP contribution in [0.2, 0.25) is 0 Å². The van der Waals surface area contributed by atoms with Gasteiger partial charge in [0.25, 0.3) is 5.91 Å². The smallest absolute Gasteiger partial charge is 0.260 e. The number of methoxy groups -OCH3 is 1. The Balaban J connectivity index is 1.97. The number of rotatable bonds is 6. The Labute approximate surface area is 120 Å². The average molecular weight is 291 g/mol. The van der Waals surface area contributed by atoms with Gasteiger partial charge in [0.2, 0.25) is 11.8 Å². The maximum atomic E-state index is 13.4. The average Bonchev–Trinajstić information content (AvgIpc) is 2.49. The summed E-state index contributed by atoms with van der Waals surface area (Å²) in [6.45, 7) is 0.844. The SMILES string of the molecule is COCCOc1ccc(NC(=O)c2cccnc2F)cn1. The number of amides is 1. The van der Waals surface area contributed by atoms with E-state index >= 15 is 0 Å². The molecule has 0 aliphatic carbocycles. The number of anilines is 1. The second-order valence-corrected chi connectivity index (χ2v) is 4.02. The first-order chi connectivity index (χ1) is 10.2. The third-order valence-corrected chi connectivity index (χ3v) is 2.54. The molecule has 1 amide bonds. The van der Waals surface area contributed by atoms with Crippen molar-refractivity contribution in [2.75, 3.05) is 25.6 Å². The Bertz CT molecular complexity index is 605. The zero-order chi connectivity index (χ0) is 15.1. The van der Waals surface area contributed by atoms with Crippen LogP contribution in [0.25, 0.3) is 0 Å². The van der Waals surface area contributed by atoms with E-state index in [0.717, 1.165) is 0 Å². The number of nitrogens with zero attached hydrogens (tertiary/aromatic N) is 2. The summed E-state index contributed by atoms with van der Waals surface area (Å²) in [5.41, 5.74) is 0.306. The molecule has 0 saturated carbocycles. The van der Waals surface area contributed by atoms with Crippen LogP contribution in [0.1, 0.15) is 10.4 Å². The van der Waals surface area contributed by atoms with Crippen LogP contribution in [0.4, 0.5) is 10.1 Å². The molecule has 2 heterocycles. The minimum Gasteiger partial charge on any atom is -0.475 e. The third kappa shape index (κ3) is 4.22. The number of hydrogen-bond acceptors (Lipinski definition) is 5. The fourth-order valence-electron chi connectivity index (χ4n) is 1.52. The highest BCUT2D eigenvalue weighted by Crippen LogP contribution is 2.13. The second-order valence-electron chi connectivity index (χ2n) is 4.02. The number of pyridine rings is 2. The van der Waals surface area contributed by atoms with Crippen molar-refractivity contribution in [3.8, 4) is 5.88 Å². The lowest BCUT2D eigenvalue weighted by molar-refractivity contribution is 0.102. The van der Waals surface area contributed by atoms with E-state index < -0.39 is 11.9 Å². The van der Waals surface area contributed by atoms with Gasteiger partial charge < -0.3 is 14.8 Å². The predicted molar refractivity (Wildman–Crippen MR) is 73.8 cm³/mol. The lowest BCUT2D eigenvalue weighted by atomic mass is 10.2. The summed E-state index contributed by atoms with van der Waals surface area (Å²) in [5.74, 6) is -0.990. The van der Waals surface area contributed by atoms with Gasteiger partial charge in [-0.1, -0.05) is 0 Å². The van der Waals surface area contributed by atoms with Gasteiger partial charge in [0, 0.05) is 19.4 Å². The van der Waals surface area contributed by atoms with E-state index in [2.05, 4.69) is 15.3 Å². The molecule has 0 spiro atoms. The topological polar surface area (TPSA) is 73.3 Å². The van der Waals surface area contributed by atoms with E-state index in [-0.39, 0.29) is 5.56 Å². The van der Waals surface area contributed by atoms with Gasteiger partial charge in [0.15, 0.2) is 0 Å². The van der Waals surface area contributed by atoms with Gasteiger partial charge in [0.05, 0.1) is 24.1 Å². The van der Waals surface area contributed by atoms with E-state index in [1.807, 2.05) is 0 Å². The first kappa shape index (κ1) is 14.9. The number of hydrogen-bond donors (Lipinski definition) is 1. The molecule has 0 aliphatic rings. The van der Waals surface area contributed by atoms with Crippen LogP contribution in [0, 0.1) is 5.95 Å². The minimum atomic E-state index is -0.817. The Morgan fingerprint density at radius 3 is 2.81 bits per heavy atom. The minimum absolute atomic E-state index is 0.127. The largest absolute Gasteiger partial charge is 0.475 e. The van der Waals surface area contributed by atoms with Gasteiger partial charge in [-0.15, -0.1) is 0 Å². The van der Waals surface area contributed by atoms with Crippen molar-refractivity contribution in [3.05, 3.63) is 48.2 Å². The standard InChI is InChI=1S/C14H14FN3O3/c1-20-7-8-21-12-5-4-10(9-17-12)18-14(19)11-3-2-6-16-13(11)15/h2-6,9H,7-8H2,1H3,(H,18,19). The van der Waals surface area contributed by atoms with Crippen molar-refractivity contribution in [1.29, 1.82) is 0 Å². The molecule has 0 fully saturated rings. The summed E-state index contributed by atoms with van der Waals surface area (Å²) in [7, 11) is 1.58. The van der Waals surface area contributed by atoms with Gasteiger partial charge in [0.1, 0.15) is 6.61 Å². The molecule has 0 saturated heterocycles. The van der Waals surface area contributed by atoms with Crippen LogP contribution in [0.3, 0.4) is 0 Å². The summed E-state index contributed by atoms with van der Waals surface area (Å²) in [4.78, 5) is 19.3. The molecule has 2 aromatic heterocycles. The van der Waals surface area contributed by atoms with Crippen molar-refractivity contribution >= 4 is 11.6 Å². The zero-order valence-corrected chi connectivity index (χ0v) is 11.4. The Morgan fingerprint density at radius 1 is 1.29 bits per heavy atom. The molecule has 0 aliphatic heterocycles. The predicted octanol–water partition coefficient (Wildman–Crippen LogP) is 1.89. The highest BCUT2D eigenvalue weighted by atomic mass is 19.1. The molecule has 0 bridgehead atoms. The summed E-state index contributed by atoms with van der Waals surface area (Å²) in [6.07, 6.45) is 2.70. The quantitative estimate of drug-likeness (QED) is 0.650. The maximum Gasteiger partial charge on any atom is 0.260 e. The Kier molecular flexibility index (Phi) is 5.16. The van der Waals surface area contributed by atoms with E-state index in [0.29, 0.717) is 24.8 Å². The van der Waals surface area contributed by atoms with Gasteiger partial charge in [-0.3, -0.25) is 4.79 Å². The molecule has 0 unspecified atom stereocenters. The van der Waals surface area contributed by atoms with Crippen LogP contribution >= 0.6 is 0 Å². The Morgan fingerprint density at radius 2 is 2.14 bits per heavy atom. The van der Waals surface area contributed by atoms with Crippen molar-refractivity contribution in [1.82, 2.24) is 9.97 Å². The summed E-state index contributed by atoms with van der Waals surface area (Å²) in [5, 5.41) is 2.53. The zero-order valence-electron chi connectivity index (χ0n) is 11.4. The molecule has 6 nitrogen and oxygen atoms in total. The highest BCUT2D eigenvalue weighted by Gasteiger charge is 2.12. The maximum absolute atomic E-state index is 13.4. The molecule has 7 heteroatoms. The number of nitrogens with one attached hydrogen (secondary N) is 1. The Hall–Kier alpha value is -2.54. The molecular formula is C14H14FN3O3. The van der Waals surface area contributed by atoms with Gasteiger partial charge >= 0.3 is 0 Å². The number of carbonyl (C=O) groups is 1. The fraction of sp³-hybridized carbons (Fsp3) is 0.214. The third-order valence-electron chi connectivity index (χ3n) is 2.54. The van der Waals surface area contributed by atoms with Crippen molar-refractivity contribution in [3.63, 3.8) is 0 Å². The highest BCUT2D eigenvalue weighted by molar-refractivity contribution is 6.04. The van der Waals surface area contributed by atoms with E-state index in [4.69, 9.17) is 9.47 Å². The van der Waals surface area contributed by atoms with Crippen LogP contribution in [0.15, 0.2) is 36.7 Å². The van der Waals surface area contributed by atoms with Gasteiger partial charge in [-0.2, -0.15) is 4.39 Å². The molecule has 2 rings (SSSR count). The van der Waals surface area contributed by atoms with Gasteiger partial charge in [-0.05, 0) is 18.2 Å². The lowest BCUT2D eigenvalue weighted by Crippen LogP contribution is -2.14. The van der Waals surface area contributed by atoms with E-state index in [9.17, 15) is 9.18 Å². The van der Waals surface area contributed by atoms with Crippen molar-refractivity contribution in [2.45, 2.75) is 0 Å². The molecule has 0 aromatic carbocycles. The molecule has 1 N–H and O–H groups in total.